The van der Waals surface area contributed by atoms with E-state index in [1.165, 1.54) is 19.4 Å². The zero-order valence-corrected chi connectivity index (χ0v) is 28.2. The largest absolute Gasteiger partial charge is 0.492 e. The summed E-state index contributed by atoms with van der Waals surface area (Å²) in [6.07, 6.45) is 2.85. The minimum atomic E-state index is -0.904. The van der Waals surface area contributed by atoms with Gasteiger partial charge in [-0.15, -0.1) is 0 Å². The quantitative estimate of drug-likeness (QED) is 0.176. The maximum atomic E-state index is 15.8. The lowest BCUT2D eigenvalue weighted by molar-refractivity contribution is -0.153. The molecule has 4 aromatic rings. The van der Waals surface area contributed by atoms with E-state index >= 15 is 4.39 Å². The van der Waals surface area contributed by atoms with Gasteiger partial charge in [-0.3, -0.25) is 14.4 Å². The normalized spacial score (nSPS) is 19.2. The Kier molecular flexibility index (Phi) is 9.21. The Morgan fingerprint density at radius 2 is 1.86 bits per heavy atom. The molecule has 1 N–H and O–H groups in total. The molecular weight excluding hydrogens is 643 g/mol. The van der Waals surface area contributed by atoms with E-state index in [0.717, 1.165) is 12.8 Å². The van der Waals surface area contributed by atoms with E-state index in [0.29, 0.717) is 60.8 Å². The first-order chi connectivity index (χ1) is 24.2. The number of esters is 2. The standard InChI is InChI=1S/C38H40FN4O7/c1-4-25(50-38(47)26-14-16-42-30(26)12-13-31(42)34(44)23-8-6-5-7-9-23)21-49-37(46)28-20-43(24-10-11-24)32-27(35(28)45)18-29(39)33(36(32)48-3)41-17-15-40-22(2)19-41/h5-9,12-13,18,20,22,24-26,40H,1,4,10-11,14-17,19,21H2,2-3H3. The van der Waals surface area contributed by atoms with E-state index < -0.39 is 35.2 Å². The highest BCUT2D eigenvalue weighted by atomic mass is 19.1. The molecule has 2 aromatic heterocycles. The van der Waals surface area contributed by atoms with Gasteiger partial charge in [0.25, 0.3) is 0 Å². The summed E-state index contributed by atoms with van der Waals surface area (Å²) in [6.45, 7) is 7.86. The second kappa shape index (κ2) is 13.7. The van der Waals surface area contributed by atoms with E-state index in [2.05, 4.69) is 12.2 Å². The summed E-state index contributed by atoms with van der Waals surface area (Å²) in [5, 5.41) is 3.38. The van der Waals surface area contributed by atoms with Crippen molar-refractivity contribution in [3.8, 4) is 5.75 Å². The van der Waals surface area contributed by atoms with Gasteiger partial charge in [-0.25, -0.2) is 9.18 Å². The zero-order valence-electron chi connectivity index (χ0n) is 28.2. The Hall–Kier alpha value is -4.97. The van der Waals surface area contributed by atoms with Gasteiger partial charge in [0.05, 0.1) is 29.6 Å². The van der Waals surface area contributed by atoms with Gasteiger partial charge in [-0.1, -0.05) is 30.3 Å². The van der Waals surface area contributed by atoms with E-state index in [4.69, 9.17) is 14.2 Å². The maximum absolute atomic E-state index is 15.8. The summed E-state index contributed by atoms with van der Waals surface area (Å²) in [7, 11) is 1.46. The van der Waals surface area contributed by atoms with E-state index in [1.54, 1.807) is 36.4 Å². The van der Waals surface area contributed by atoms with Crippen molar-refractivity contribution in [3.63, 3.8) is 0 Å². The summed E-state index contributed by atoms with van der Waals surface area (Å²) in [5.41, 5.74) is 1.58. The fourth-order valence-corrected chi connectivity index (χ4v) is 7.14. The molecule has 0 bridgehead atoms. The predicted octanol–water partition coefficient (Wildman–Crippen LogP) is 4.79. The monoisotopic (exact) mass is 683 g/mol. The molecular formula is C38H40FN4O7. The minimum absolute atomic E-state index is 0.0150. The summed E-state index contributed by atoms with van der Waals surface area (Å²) < 4.78 is 36.6. The number of carbonyl (C=O) groups is 3. The number of ether oxygens (including phenoxy) is 3. The third-order valence-electron chi connectivity index (χ3n) is 9.82. The third-order valence-corrected chi connectivity index (χ3v) is 9.82. The van der Waals surface area contributed by atoms with E-state index in [1.807, 2.05) is 27.0 Å². The van der Waals surface area contributed by atoms with Crippen LogP contribution in [0, 0.1) is 12.7 Å². The van der Waals surface area contributed by atoms with Crippen molar-refractivity contribution in [1.82, 2.24) is 14.5 Å². The average molecular weight is 684 g/mol. The van der Waals surface area contributed by atoms with Crippen LogP contribution in [0.2, 0.25) is 0 Å². The number of hydrogen-bond acceptors (Lipinski definition) is 9. The highest BCUT2D eigenvalue weighted by Gasteiger charge is 2.35. The number of rotatable bonds is 11. The molecule has 12 heteroatoms. The van der Waals surface area contributed by atoms with Gasteiger partial charge < -0.3 is 33.6 Å². The number of carbonyl (C=O) groups excluding carboxylic acids is 3. The number of nitrogens with one attached hydrogen (secondary N) is 1. The molecule has 3 aliphatic rings. The van der Waals surface area contributed by atoms with Crippen LogP contribution < -0.4 is 20.4 Å². The molecule has 0 amide bonds. The summed E-state index contributed by atoms with van der Waals surface area (Å²) in [4.78, 5) is 55.5. The molecule has 0 spiro atoms. The number of pyridine rings is 1. The van der Waals surface area contributed by atoms with Crippen molar-refractivity contribution >= 4 is 34.3 Å². The molecule has 50 heavy (non-hydrogen) atoms. The van der Waals surface area contributed by atoms with Gasteiger partial charge in [-0.2, -0.15) is 0 Å². The Morgan fingerprint density at radius 1 is 1.08 bits per heavy atom. The van der Waals surface area contributed by atoms with Gasteiger partial charge in [0.2, 0.25) is 11.2 Å². The molecule has 1 radical (unpaired) electrons. The number of methoxy groups -OCH3 is 1. The lowest BCUT2D eigenvalue weighted by Crippen LogP contribution is -2.49. The molecule has 2 aromatic carbocycles. The van der Waals surface area contributed by atoms with Gasteiger partial charge >= 0.3 is 11.9 Å². The summed E-state index contributed by atoms with van der Waals surface area (Å²) >= 11 is 0. The van der Waals surface area contributed by atoms with E-state index in [-0.39, 0.29) is 47.6 Å². The lowest BCUT2D eigenvalue weighted by Gasteiger charge is -2.35. The number of ketones is 1. The molecule has 11 nitrogen and oxygen atoms in total. The maximum Gasteiger partial charge on any atom is 0.343 e. The zero-order chi connectivity index (χ0) is 35.1. The Morgan fingerprint density at radius 3 is 2.56 bits per heavy atom. The van der Waals surface area contributed by atoms with Gasteiger partial charge in [0.1, 0.15) is 24.0 Å². The highest BCUT2D eigenvalue weighted by molar-refractivity contribution is 6.08. The molecule has 7 rings (SSSR count). The van der Waals surface area contributed by atoms with Crippen LogP contribution in [0.4, 0.5) is 10.1 Å². The molecule has 261 valence electrons. The molecule has 2 aliphatic heterocycles. The van der Waals surface area contributed by atoms with Crippen LogP contribution >= 0.6 is 0 Å². The van der Waals surface area contributed by atoms with Gasteiger partial charge in [-0.05, 0) is 57.7 Å². The van der Waals surface area contributed by atoms with Crippen molar-refractivity contribution in [2.45, 2.75) is 63.3 Å². The van der Waals surface area contributed by atoms with Crippen molar-refractivity contribution < 1.29 is 33.0 Å². The number of hydrogen-bond donors (Lipinski definition) is 1. The SMILES string of the molecule is [CH2]CC(COC(=O)c1cn(C2CC2)c2c(OC)c(N3CCNC(C)C3)c(F)cc2c1=O)OC(=O)C1CCn2c(C(=O)c3ccccc3)ccc21. The van der Waals surface area contributed by atoms with Crippen LogP contribution in [0.1, 0.15) is 76.7 Å². The molecule has 2 fully saturated rings. The molecule has 1 aliphatic carbocycles. The number of halogens is 1. The fourth-order valence-electron chi connectivity index (χ4n) is 7.14. The van der Waals surface area contributed by atoms with Crippen LogP contribution in [0.5, 0.6) is 5.75 Å². The van der Waals surface area contributed by atoms with E-state index in [9.17, 15) is 19.2 Å². The molecule has 1 saturated carbocycles. The number of nitrogens with zero attached hydrogens (tertiary/aromatic N) is 3. The Bertz CT molecular complexity index is 2020. The van der Waals surface area contributed by atoms with Crippen LogP contribution in [-0.4, -0.2) is 72.4 Å². The lowest BCUT2D eigenvalue weighted by atomic mass is 10.0. The number of aromatic nitrogens is 2. The van der Waals surface area contributed by atoms with Crippen LogP contribution in [0.25, 0.3) is 10.9 Å². The van der Waals surface area contributed by atoms with Gasteiger partial charge in [0, 0.05) is 55.7 Å². The number of fused-ring (bicyclic) bond motifs is 2. The van der Waals surface area contributed by atoms with Crippen LogP contribution in [0.15, 0.2) is 59.5 Å². The first-order valence-corrected chi connectivity index (χ1v) is 17.1. The second-order valence-electron chi connectivity index (χ2n) is 13.2. The number of benzene rings is 2. The van der Waals surface area contributed by atoms with Crippen LogP contribution in [-0.2, 0) is 20.8 Å². The fraction of sp³-hybridized carbons (Fsp3) is 0.395. The highest BCUT2D eigenvalue weighted by Crippen LogP contribution is 2.44. The predicted molar refractivity (Wildman–Crippen MR) is 184 cm³/mol. The number of piperazine rings is 1. The third kappa shape index (κ3) is 6.17. The van der Waals surface area contributed by atoms with Crippen molar-refractivity contribution in [3.05, 3.63) is 100 Å². The summed E-state index contributed by atoms with van der Waals surface area (Å²) in [5.74, 6) is -2.48. The first-order valence-electron chi connectivity index (χ1n) is 17.1. The van der Waals surface area contributed by atoms with Crippen LogP contribution in [0.3, 0.4) is 0 Å². The molecule has 3 atom stereocenters. The molecule has 3 unspecified atom stereocenters. The Balaban J connectivity index is 1.08. The van der Waals surface area contributed by atoms with Crippen molar-refractivity contribution in [2.24, 2.45) is 0 Å². The molecule has 1 saturated heterocycles. The summed E-state index contributed by atoms with van der Waals surface area (Å²) in [6, 6.07) is 13.8. The second-order valence-corrected chi connectivity index (χ2v) is 13.2. The Labute approximate surface area is 288 Å². The van der Waals surface area contributed by atoms with Gasteiger partial charge in [0.15, 0.2) is 11.6 Å². The average Bonchev–Trinajstić information content (AvgIpc) is 3.75. The number of anilines is 1. The van der Waals surface area contributed by atoms with Crippen molar-refractivity contribution in [2.75, 3.05) is 38.3 Å². The smallest absolute Gasteiger partial charge is 0.343 e. The minimum Gasteiger partial charge on any atom is -0.492 e. The first kappa shape index (κ1) is 33.5. The van der Waals surface area contributed by atoms with Crippen molar-refractivity contribution in [1.29, 1.82) is 0 Å². The topological polar surface area (TPSA) is 121 Å². The molecule has 4 heterocycles.